The van der Waals surface area contributed by atoms with E-state index in [0.717, 1.165) is 11.3 Å². The van der Waals surface area contributed by atoms with Crippen LogP contribution in [0.1, 0.15) is 24.8 Å². The van der Waals surface area contributed by atoms with Crippen molar-refractivity contribution in [2.24, 2.45) is 0 Å². The van der Waals surface area contributed by atoms with Crippen molar-refractivity contribution in [3.63, 3.8) is 0 Å². The largest absolute Gasteiger partial charge is 0.296 e. The quantitative estimate of drug-likeness (QED) is 0.832. The maximum absolute atomic E-state index is 4.52. The molecule has 3 heteroatoms. The second kappa shape index (κ2) is 4.00. The minimum absolute atomic E-state index is 0.215. The molecule has 0 spiro atoms. The third-order valence-electron chi connectivity index (χ3n) is 3.08. The van der Waals surface area contributed by atoms with Crippen LogP contribution in [0.2, 0.25) is 0 Å². The van der Waals surface area contributed by atoms with Gasteiger partial charge in [0.2, 0.25) is 0 Å². The number of nitrogens with zero attached hydrogens (tertiary/aromatic N) is 1. The molecule has 1 saturated heterocycles. The van der Waals surface area contributed by atoms with Crippen LogP contribution in [-0.4, -0.2) is 16.3 Å². The number of rotatable bonds is 1. The maximum atomic E-state index is 4.52. The van der Waals surface area contributed by atoms with Crippen LogP contribution in [0.4, 0.5) is 0 Å². The number of fused-ring (bicyclic) bond motifs is 1. The fourth-order valence-corrected chi connectivity index (χ4v) is 3.68. The van der Waals surface area contributed by atoms with Crippen molar-refractivity contribution >= 4 is 22.7 Å². The van der Waals surface area contributed by atoms with Gasteiger partial charge in [0, 0.05) is 28.4 Å². The molecule has 1 aliphatic heterocycles. The third-order valence-corrected chi connectivity index (χ3v) is 4.67. The highest BCUT2D eigenvalue weighted by Gasteiger charge is 2.32. The van der Waals surface area contributed by atoms with Gasteiger partial charge in [0.1, 0.15) is 0 Å². The minimum Gasteiger partial charge on any atom is -0.296 e. The number of nitrogens with one attached hydrogen (secondary N) is 1. The minimum atomic E-state index is 0.215. The van der Waals surface area contributed by atoms with Gasteiger partial charge in [0.25, 0.3) is 0 Å². The summed E-state index contributed by atoms with van der Waals surface area (Å²) in [7, 11) is 0. The van der Waals surface area contributed by atoms with Gasteiger partial charge in [-0.15, -0.1) is 11.8 Å². The average molecular weight is 244 g/mol. The van der Waals surface area contributed by atoms with Crippen LogP contribution < -0.4 is 5.32 Å². The lowest BCUT2D eigenvalue weighted by Crippen LogP contribution is -2.35. The summed E-state index contributed by atoms with van der Waals surface area (Å²) >= 11 is 1.97. The molecular weight excluding hydrogens is 228 g/mol. The van der Waals surface area contributed by atoms with Crippen molar-refractivity contribution in [3.8, 4) is 0 Å². The van der Waals surface area contributed by atoms with Crippen molar-refractivity contribution < 1.29 is 0 Å². The van der Waals surface area contributed by atoms with Gasteiger partial charge in [-0.2, -0.15) is 0 Å². The highest BCUT2D eigenvalue weighted by atomic mass is 32.2. The molecule has 3 rings (SSSR count). The molecule has 2 nitrogen and oxygen atoms in total. The number of thioether (sulfide) groups is 1. The second-order valence-electron chi connectivity index (χ2n) is 5.14. The molecule has 88 valence electrons. The Morgan fingerprint density at radius 3 is 2.88 bits per heavy atom. The van der Waals surface area contributed by atoms with Gasteiger partial charge in [-0.1, -0.05) is 24.3 Å². The average Bonchev–Trinajstić information content (AvgIpc) is 2.69. The zero-order valence-electron chi connectivity index (χ0n) is 10.1. The molecule has 1 aromatic heterocycles. The van der Waals surface area contributed by atoms with Crippen LogP contribution in [-0.2, 0) is 0 Å². The molecule has 1 unspecified atom stereocenters. The zero-order valence-corrected chi connectivity index (χ0v) is 10.9. The first-order valence-electron chi connectivity index (χ1n) is 5.89. The maximum Gasteiger partial charge on any atom is 0.0815 e. The zero-order chi connectivity index (χ0) is 11.9. The summed E-state index contributed by atoms with van der Waals surface area (Å²) in [4.78, 5) is 4.52. The molecule has 2 heterocycles. The van der Waals surface area contributed by atoms with Crippen molar-refractivity contribution in [1.82, 2.24) is 10.3 Å². The summed E-state index contributed by atoms with van der Waals surface area (Å²) in [5, 5.41) is 5.25. The molecule has 0 radical (unpaired) electrons. The van der Waals surface area contributed by atoms with E-state index in [1.165, 1.54) is 10.9 Å². The van der Waals surface area contributed by atoms with E-state index in [-0.39, 0.29) is 5.54 Å². The molecule has 1 fully saturated rings. The van der Waals surface area contributed by atoms with Crippen LogP contribution in [0.25, 0.3) is 10.9 Å². The van der Waals surface area contributed by atoms with E-state index in [9.17, 15) is 0 Å². The van der Waals surface area contributed by atoms with Gasteiger partial charge >= 0.3 is 0 Å². The van der Waals surface area contributed by atoms with Gasteiger partial charge in [0.05, 0.1) is 10.9 Å². The topological polar surface area (TPSA) is 24.9 Å². The van der Waals surface area contributed by atoms with Crippen LogP contribution in [0.3, 0.4) is 0 Å². The standard InChI is InChI=1S/C14H16N2S/c1-14(2)9-17-13(16-14)11-7-3-5-10-6-4-8-15-12(10)11/h3-8,13,16H,9H2,1-2H3. The molecule has 1 aromatic carbocycles. The monoisotopic (exact) mass is 244 g/mol. The van der Waals surface area contributed by atoms with Crippen LogP contribution in [0.5, 0.6) is 0 Å². The number of aromatic nitrogens is 1. The Labute approximate surface area is 106 Å². The van der Waals surface area contributed by atoms with Crippen molar-refractivity contribution in [1.29, 1.82) is 0 Å². The van der Waals surface area contributed by atoms with Crippen molar-refractivity contribution in [2.75, 3.05) is 5.75 Å². The summed E-state index contributed by atoms with van der Waals surface area (Å²) in [6.45, 7) is 4.50. The van der Waals surface area contributed by atoms with E-state index < -0.39 is 0 Å². The molecule has 0 bridgehead atoms. The van der Waals surface area contributed by atoms with Gasteiger partial charge in [-0.25, -0.2) is 0 Å². The lowest BCUT2D eigenvalue weighted by Gasteiger charge is -2.19. The van der Waals surface area contributed by atoms with E-state index in [2.05, 4.69) is 48.4 Å². The van der Waals surface area contributed by atoms with Gasteiger partial charge in [0.15, 0.2) is 0 Å². The van der Waals surface area contributed by atoms with E-state index in [4.69, 9.17) is 0 Å². The first-order chi connectivity index (χ1) is 8.16. The molecule has 0 amide bonds. The molecular formula is C14H16N2S. The highest BCUT2D eigenvalue weighted by Crippen LogP contribution is 2.39. The Morgan fingerprint density at radius 2 is 2.12 bits per heavy atom. The number of hydrogen-bond acceptors (Lipinski definition) is 3. The lowest BCUT2D eigenvalue weighted by atomic mass is 10.1. The van der Waals surface area contributed by atoms with E-state index in [0.29, 0.717) is 5.37 Å². The summed E-state index contributed by atoms with van der Waals surface area (Å²) in [5.74, 6) is 1.14. The molecule has 17 heavy (non-hydrogen) atoms. The summed E-state index contributed by atoms with van der Waals surface area (Å²) < 4.78 is 0. The summed E-state index contributed by atoms with van der Waals surface area (Å²) in [6, 6.07) is 10.5. The number of pyridine rings is 1. The Hall–Kier alpha value is -1.06. The SMILES string of the molecule is CC1(C)CSC(c2cccc3cccnc23)N1. The predicted octanol–water partition coefficient (Wildman–Crippen LogP) is 3.35. The van der Waals surface area contributed by atoms with E-state index in [1.54, 1.807) is 0 Å². The molecule has 1 aliphatic rings. The highest BCUT2D eigenvalue weighted by molar-refractivity contribution is 7.99. The normalized spacial score (nSPS) is 23.1. The van der Waals surface area contributed by atoms with Gasteiger partial charge in [-0.3, -0.25) is 10.3 Å². The van der Waals surface area contributed by atoms with E-state index in [1.807, 2.05) is 24.0 Å². The van der Waals surface area contributed by atoms with Gasteiger partial charge < -0.3 is 0 Å². The molecule has 0 aliphatic carbocycles. The molecule has 1 atom stereocenters. The first-order valence-corrected chi connectivity index (χ1v) is 6.94. The lowest BCUT2D eigenvalue weighted by molar-refractivity contribution is 0.452. The Balaban J connectivity index is 2.06. The third kappa shape index (κ3) is 2.05. The van der Waals surface area contributed by atoms with Crippen molar-refractivity contribution in [2.45, 2.75) is 24.8 Å². The van der Waals surface area contributed by atoms with Crippen LogP contribution >= 0.6 is 11.8 Å². The summed E-state index contributed by atoms with van der Waals surface area (Å²) in [6.07, 6.45) is 1.87. The first kappa shape index (κ1) is 11.1. The Bertz CT molecular complexity index is 545. The fraction of sp³-hybridized carbons (Fsp3) is 0.357. The smallest absolute Gasteiger partial charge is 0.0815 e. The number of para-hydroxylation sites is 1. The Kier molecular flexibility index (Phi) is 2.60. The van der Waals surface area contributed by atoms with E-state index >= 15 is 0 Å². The van der Waals surface area contributed by atoms with Crippen molar-refractivity contribution in [3.05, 3.63) is 42.1 Å². The number of benzene rings is 1. The fourth-order valence-electron chi connectivity index (χ4n) is 2.24. The molecule has 0 saturated carbocycles. The summed E-state index contributed by atoms with van der Waals surface area (Å²) in [5.41, 5.74) is 2.64. The number of hydrogen-bond donors (Lipinski definition) is 1. The molecule has 2 aromatic rings. The second-order valence-corrected chi connectivity index (χ2v) is 6.24. The predicted molar refractivity (Wildman–Crippen MR) is 74.2 cm³/mol. The molecule has 1 N–H and O–H groups in total. The van der Waals surface area contributed by atoms with Gasteiger partial charge in [-0.05, 0) is 19.9 Å². The van der Waals surface area contributed by atoms with Crippen LogP contribution in [0.15, 0.2) is 36.5 Å². The van der Waals surface area contributed by atoms with Crippen LogP contribution in [0, 0.1) is 0 Å². The Morgan fingerprint density at radius 1 is 1.29 bits per heavy atom.